The average molecular weight is 489 g/mol. The van der Waals surface area contributed by atoms with Crippen LogP contribution >= 0.6 is 0 Å². The Morgan fingerprint density at radius 1 is 1.06 bits per heavy atom. The van der Waals surface area contributed by atoms with E-state index in [9.17, 15) is 0 Å². The summed E-state index contributed by atoms with van der Waals surface area (Å²) >= 11 is 0. The summed E-state index contributed by atoms with van der Waals surface area (Å²) in [7, 11) is 1.28. The zero-order chi connectivity index (χ0) is 25.5. The Balaban J connectivity index is 1.48. The van der Waals surface area contributed by atoms with Crippen LogP contribution < -0.4 is 20.4 Å². The number of nitrogens with zero attached hydrogens (tertiary/aromatic N) is 2. The lowest BCUT2D eigenvalue weighted by Gasteiger charge is -2.36. The van der Waals surface area contributed by atoms with Crippen LogP contribution in [-0.4, -0.2) is 56.2 Å². The normalized spacial score (nSPS) is 21.1. The Morgan fingerprint density at radius 3 is 2.44 bits per heavy atom. The molecule has 7 nitrogen and oxygen atoms in total. The van der Waals surface area contributed by atoms with Crippen LogP contribution in [0.2, 0.25) is 0 Å². The molecular formula is C28H36BN3O4. The molecule has 0 saturated carbocycles. The van der Waals surface area contributed by atoms with Crippen LogP contribution in [0.4, 0.5) is 11.5 Å². The van der Waals surface area contributed by atoms with E-state index in [2.05, 4.69) is 81.2 Å². The number of hydrogen-bond acceptors (Lipinski definition) is 7. The molecule has 0 aliphatic carbocycles. The number of morpholine rings is 1. The third-order valence-corrected chi connectivity index (χ3v) is 7.64. The van der Waals surface area contributed by atoms with Gasteiger partial charge in [-0.3, -0.25) is 0 Å². The highest BCUT2D eigenvalue weighted by atomic mass is 16.7. The Hall–Kier alpha value is -2.81. The zero-order valence-electron chi connectivity index (χ0n) is 22.1. The van der Waals surface area contributed by atoms with Crippen molar-refractivity contribution in [1.82, 2.24) is 4.98 Å². The first-order chi connectivity index (χ1) is 17.2. The van der Waals surface area contributed by atoms with Gasteiger partial charge in [-0.05, 0) is 69.9 Å². The van der Waals surface area contributed by atoms with Crippen LogP contribution in [0.1, 0.15) is 40.2 Å². The standard InChI is InChI=1S/C28H36BN3O4/c1-19-18-34-14-13-32(19)25-16-21-15-22(29-35-27(2,3)28(4,5)36-29)9-12-24(21)31-26(25)30-17-20-7-10-23(33-6)11-8-20/h7-12,15-16,19H,13-14,17-18H2,1-6H3,(H,30,31). The van der Waals surface area contributed by atoms with Crippen molar-refractivity contribution in [3.63, 3.8) is 0 Å². The number of aromatic nitrogens is 1. The summed E-state index contributed by atoms with van der Waals surface area (Å²) in [5.74, 6) is 1.72. The molecule has 0 bridgehead atoms. The second kappa shape index (κ2) is 9.58. The number of benzene rings is 2. The Bertz CT molecular complexity index is 1220. The van der Waals surface area contributed by atoms with E-state index in [0.29, 0.717) is 19.8 Å². The van der Waals surface area contributed by atoms with Crippen molar-refractivity contribution in [1.29, 1.82) is 0 Å². The molecule has 1 aromatic heterocycles. The number of methoxy groups -OCH3 is 1. The molecule has 36 heavy (non-hydrogen) atoms. The first kappa shape index (κ1) is 24.9. The topological polar surface area (TPSA) is 65.1 Å². The Kier molecular flexibility index (Phi) is 6.62. The Labute approximate surface area is 214 Å². The average Bonchev–Trinajstić information content (AvgIpc) is 3.09. The van der Waals surface area contributed by atoms with Gasteiger partial charge >= 0.3 is 7.12 Å². The smallest absolute Gasteiger partial charge is 0.494 e. The molecule has 0 amide bonds. The summed E-state index contributed by atoms with van der Waals surface area (Å²) in [5, 5.41) is 4.65. The van der Waals surface area contributed by atoms with E-state index < -0.39 is 7.12 Å². The van der Waals surface area contributed by atoms with Crippen molar-refractivity contribution in [2.75, 3.05) is 37.1 Å². The van der Waals surface area contributed by atoms with Crippen molar-refractivity contribution in [3.05, 3.63) is 54.1 Å². The highest BCUT2D eigenvalue weighted by Gasteiger charge is 2.51. The van der Waals surface area contributed by atoms with Crippen molar-refractivity contribution in [3.8, 4) is 5.75 Å². The fourth-order valence-electron chi connectivity index (χ4n) is 4.67. The van der Waals surface area contributed by atoms with Gasteiger partial charge in [0.25, 0.3) is 0 Å². The van der Waals surface area contributed by atoms with E-state index >= 15 is 0 Å². The molecule has 0 radical (unpaired) electrons. The van der Waals surface area contributed by atoms with Gasteiger partial charge in [0.05, 0.1) is 42.7 Å². The van der Waals surface area contributed by atoms with E-state index in [4.69, 9.17) is 23.8 Å². The van der Waals surface area contributed by atoms with Crippen LogP contribution in [0, 0.1) is 0 Å². The zero-order valence-corrected chi connectivity index (χ0v) is 22.1. The quantitative estimate of drug-likeness (QED) is 0.516. The summed E-state index contributed by atoms with van der Waals surface area (Å²) in [6, 6.07) is 16.8. The number of pyridine rings is 1. The largest absolute Gasteiger partial charge is 0.497 e. The van der Waals surface area contributed by atoms with Crippen molar-refractivity contribution in [2.24, 2.45) is 0 Å². The molecule has 1 unspecified atom stereocenters. The first-order valence-electron chi connectivity index (χ1n) is 12.7. The molecule has 1 N–H and O–H groups in total. The second-order valence-electron chi connectivity index (χ2n) is 10.7. The molecular weight excluding hydrogens is 453 g/mol. The minimum atomic E-state index is -0.405. The molecule has 190 valence electrons. The molecule has 2 aliphatic rings. The van der Waals surface area contributed by atoms with Gasteiger partial charge in [-0.15, -0.1) is 0 Å². The molecule has 2 aliphatic heterocycles. The van der Waals surface area contributed by atoms with Gasteiger partial charge in [-0.2, -0.15) is 0 Å². The van der Waals surface area contributed by atoms with Gasteiger partial charge in [-0.1, -0.05) is 24.3 Å². The van der Waals surface area contributed by atoms with Crippen LogP contribution in [0.15, 0.2) is 48.5 Å². The van der Waals surface area contributed by atoms with Gasteiger partial charge in [0.15, 0.2) is 5.82 Å². The maximum absolute atomic E-state index is 6.30. The number of hydrogen-bond donors (Lipinski definition) is 1. The Morgan fingerprint density at radius 2 is 1.78 bits per heavy atom. The van der Waals surface area contributed by atoms with E-state index in [1.165, 1.54) is 0 Å². The number of rotatable bonds is 6. The van der Waals surface area contributed by atoms with Crippen LogP contribution in [0.5, 0.6) is 5.75 Å². The number of ether oxygens (including phenoxy) is 2. The van der Waals surface area contributed by atoms with Crippen molar-refractivity contribution in [2.45, 2.75) is 58.4 Å². The van der Waals surface area contributed by atoms with Crippen molar-refractivity contribution < 1.29 is 18.8 Å². The van der Waals surface area contributed by atoms with Gasteiger partial charge in [-0.25, -0.2) is 4.98 Å². The lowest BCUT2D eigenvalue weighted by molar-refractivity contribution is 0.00578. The lowest BCUT2D eigenvalue weighted by atomic mass is 9.78. The number of anilines is 2. The maximum Gasteiger partial charge on any atom is 0.494 e. The lowest BCUT2D eigenvalue weighted by Crippen LogP contribution is -2.44. The fraction of sp³-hybridized carbons (Fsp3) is 0.464. The fourth-order valence-corrected chi connectivity index (χ4v) is 4.67. The van der Waals surface area contributed by atoms with Gasteiger partial charge < -0.3 is 29.0 Å². The van der Waals surface area contributed by atoms with Crippen LogP contribution in [0.3, 0.4) is 0 Å². The third-order valence-electron chi connectivity index (χ3n) is 7.64. The molecule has 2 aromatic carbocycles. The molecule has 1 atom stereocenters. The van der Waals surface area contributed by atoms with Gasteiger partial charge in [0.2, 0.25) is 0 Å². The number of nitrogens with one attached hydrogen (secondary N) is 1. The monoisotopic (exact) mass is 489 g/mol. The summed E-state index contributed by atoms with van der Waals surface area (Å²) < 4.78 is 23.6. The van der Waals surface area contributed by atoms with Gasteiger partial charge in [0, 0.05) is 24.5 Å². The minimum Gasteiger partial charge on any atom is -0.497 e. The predicted molar refractivity (Wildman–Crippen MR) is 145 cm³/mol. The van der Waals surface area contributed by atoms with E-state index in [1.807, 2.05) is 12.1 Å². The first-order valence-corrected chi connectivity index (χ1v) is 12.7. The van der Waals surface area contributed by atoms with Crippen molar-refractivity contribution >= 4 is 35.0 Å². The minimum absolute atomic E-state index is 0.255. The SMILES string of the molecule is COc1ccc(CNc2nc3ccc(B4OC(C)(C)C(C)(C)O4)cc3cc2N2CCOCC2C)cc1. The number of fused-ring (bicyclic) bond motifs is 1. The molecule has 2 saturated heterocycles. The van der Waals surface area contributed by atoms with Crippen LogP contribution in [0.25, 0.3) is 10.9 Å². The van der Waals surface area contributed by atoms with E-state index in [1.54, 1.807) is 7.11 Å². The van der Waals surface area contributed by atoms with E-state index in [0.717, 1.165) is 45.7 Å². The molecule has 3 heterocycles. The molecule has 3 aromatic rings. The van der Waals surface area contributed by atoms with E-state index in [-0.39, 0.29) is 17.2 Å². The van der Waals surface area contributed by atoms with Gasteiger partial charge in [0.1, 0.15) is 5.75 Å². The predicted octanol–water partition coefficient (Wildman–Crippen LogP) is 4.38. The highest BCUT2D eigenvalue weighted by Crippen LogP contribution is 2.37. The maximum atomic E-state index is 6.30. The summed E-state index contributed by atoms with van der Waals surface area (Å²) in [5.41, 5.74) is 3.41. The molecule has 8 heteroatoms. The summed E-state index contributed by atoms with van der Waals surface area (Å²) in [6.07, 6.45) is 0. The highest BCUT2D eigenvalue weighted by molar-refractivity contribution is 6.62. The third kappa shape index (κ3) is 4.77. The molecule has 5 rings (SSSR count). The van der Waals surface area contributed by atoms with Crippen LogP contribution in [-0.2, 0) is 20.6 Å². The molecule has 0 spiro atoms. The molecule has 2 fully saturated rings. The summed E-state index contributed by atoms with van der Waals surface area (Å²) in [4.78, 5) is 7.44. The second-order valence-corrected chi connectivity index (χ2v) is 10.7. The summed E-state index contributed by atoms with van der Waals surface area (Å²) in [6.45, 7) is 13.4.